The maximum atomic E-state index is 13.7. The molecule has 0 unspecified atom stereocenters. The van der Waals surface area contributed by atoms with Crippen molar-refractivity contribution in [1.29, 1.82) is 5.26 Å². The summed E-state index contributed by atoms with van der Waals surface area (Å²) in [6.07, 6.45) is 1.34. The second-order valence-electron chi connectivity index (χ2n) is 8.64. The minimum Gasteiger partial charge on any atom is -0.454 e. The van der Waals surface area contributed by atoms with Gasteiger partial charge in [0.1, 0.15) is 23.5 Å². The molecule has 4 aromatic rings. The lowest BCUT2D eigenvalue weighted by Crippen LogP contribution is -2.21. The molecule has 1 fully saturated rings. The zero-order valence-corrected chi connectivity index (χ0v) is 19.0. The number of alkyl halides is 1. The first kappa shape index (κ1) is 21.7. The molecule has 7 heteroatoms. The molecule has 6 nitrogen and oxygen atoms in total. The highest BCUT2D eigenvalue weighted by Crippen LogP contribution is 2.36. The van der Waals surface area contributed by atoms with Crippen LogP contribution in [0.25, 0.3) is 33.6 Å². The minimum atomic E-state index is -0.859. The highest BCUT2D eigenvalue weighted by molar-refractivity contribution is 5.95. The van der Waals surface area contributed by atoms with Crippen molar-refractivity contribution in [2.75, 3.05) is 32.1 Å². The summed E-state index contributed by atoms with van der Waals surface area (Å²) in [4.78, 5) is 20.1. The smallest absolute Gasteiger partial charge is 0.253 e. The Morgan fingerprint density at radius 3 is 2.59 bits per heavy atom. The Morgan fingerprint density at radius 2 is 1.91 bits per heavy atom. The molecule has 34 heavy (non-hydrogen) atoms. The van der Waals surface area contributed by atoms with E-state index >= 15 is 0 Å². The molecular weight excluding hydrogens is 431 g/mol. The van der Waals surface area contributed by atoms with Crippen molar-refractivity contribution in [3.63, 3.8) is 0 Å². The normalized spacial score (nSPS) is 15.5. The highest BCUT2D eigenvalue weighted by atomic mass is 19.1. The molecule has 2 aromatic heterocycles. The molecule has 1 saturated heterocycles. The second kappa shape index (κ2) is 8.64. The topological polar surface area (TPSA) is 73.4 Å². The molecule has 170 valence electrons. The van der Waals surface area contributed by atoms with Gasteiger partial charge < -0.3 is 14.2 Å². The molecule has 1 amide bonds. The predicted octanol–water partition coefficient (Wildman–Crippen LogP) is 5.28. The SMILES string of the molecule is CN(C)C(=O)c1ccc(-c2cc3nccc(-c4ccc(N5CC[C@@H](F)C5)c(C#N)c4)c3o2)cc1. The fraction of sp³-hybridized carbons (Fsp3) is 0.222. The van der Waals surface area contributed by atoms with Gasteiger partial charge in [-0.2, -0.15) is 5.26 Å². The van der Waals surface area contributed by atoms with Gasteiger partial charge in [0.15, 0.2) is 5.58 Å². The monoisotopic (exact) mass is 454 g/mol. The van der Waals surface area contributed by atoms with Crippen molar-refractivity contribution < 1.29 is 13.6 Å². The van der Waals surface area contributed by atoms with Crippen LogP contribution in [-0.2, 0) is 0 Å². The van der Waals surface area contributed by atoms with Crippen LogP contribution in [0.1, 0.15) is 22.3 Å². The summed E-state index contributed by atoms with van der Waals surface area (Å²) in [7, 11) is 3.44. The van der Waals surface area contributed by atoms with Crippen LogP contribution in [0.15, 0.2) is 65.2 Å². The van der Waals surface area contributed by atoms with Crippen LogP contribution in [0, 0.1) is 11.3 Å². The van der Waals surface area contributed by atoms with Crippen molar-refractivity contribution in [2.45, 2.75) is 12.6 Å². The van der Waals surface area contributed by atoms with Gasteiger partial charge >= 0.3 is 0 Å². The number of hydrogen-bond donors (Lipinski definition) is 0. The quantitative estimate of drug-likeness (QED) is 0.419. The van der Waals surface area contributed by atoms with E-state index in [1.165, 1.54) is 4.90 Å². The number of amides is 1. The first-order valence-electron chi connectivity index (χ1n) is 11.1. The predicted molar refractivity (Wildman–Crippen MR) is 129 cm³/mol. The summed E-state index contributed by atoms with van der Waals surface area (Å²) in [6.45, 7) is 0.920. The average Bonchev–Trinajstić information content (AvgIpc) is 3.49. The standard InChI is InChI=1S/C27H23FN4O2/c1-31(2)27(33)18-5-3-17(4-6-18)25-14-23-26(34-25)22(9-11-30-23)19-7-8-24(20(13-19)15-29)32-12-10-21(28)16-32/h3-9,11,13-14,21H,10,12,16H2,1-2H3/t21-/m1/s1. The number of fused-ring (bicyclic) bond motifs is 1. The van der Waals surface area contributed by atoms with E-state index in [4.69, 9.17) is 4.42 Å². The molecule has 5 rings (SSSR count). The molecule has 1 atom stereocenters. The van der Waals surface area contributed by atoms with E-state index in [1.54, 1.807) is 32.4 Å². The lowest BCUT2D eigenvalue weighted by molar-refractivity contribution is 0.0827. The van der Waals surface area contributed by atoms with Crippen LogP contribution >= 0.6 is 0 Å². The van der Waals surface area contributed by atoms with Crippen LogP contribution in [0.5, 0.6) is 0 Å². The van der Waals surface area contributed by atoms with E-state index in [0.29, 0.717) is 47.5 Å². The van der Waals surface area contributed by atoms with Crippen LogP contribution in [0.3, 0.4) is 0 Å². The maximum Gasteiger partial charge on any atom is 0.253 e. The molecule has 0 aliphatic carbocycles. The summed E-state index contributed by atoms with van der Waals surface area (Å²) in [5, 5.41) is 9.74. The fourth-order valence-corrected chi connectivity index (χ4v) is 4.35. The zero-order chi connectivity index (χ0) is 23.8. The van der Waals surface area contributed by atoms with Crippen LogP contribution < -0.4 is 4.90 Å². The second-order valence-corrected chi connectivity index (χ2v) is 8.64. The Labute approximate surface area is 196 Å². The van der Waals surface area contributed by atoms with Crippen LogP contribution in [-0.4, -0.2) is 49.1 Å². The summed E-state index contributed by atoms with van der Waals surface area (Å²) < 4.78 is 19.9. The molecule has 0 spiro atoms. The third kappa shape index (κ3) is 3.88. The average molecular weight is 455 g/mol. The summed E-state index contributed by atoms with van der Waals surface area (Å²) >= 11 is 0. The molecule has 0 bridgehead atoms. The number of nitriles is 1. The van der Waals surface area contributed by atoms with E-state index in [9.17, 15) is 14.4 Å². The van der Waals surface area contributed by atoms with E-state index in [1.807, 2.05) is 47.4 Å². The van der Waals surface area contributed by atoms with Crippen molar-refractivity contribution in [3.05, 3.63) is 71.9 Å². The summed E-state index contributed by atoms with van der Waals surface area (Å²) in [5.41, 5.74) is 5.66. The Bertz CT molecular complexity index is 1420. The number of carbonyl (C=O) groups is 1. The Balaban J connectivity index is 1.51. The number of benzene rings is 2. The summed E-state index contributed by atoms with van der Waals surface area (Å²) in [5.74, 6) is 0.579. The molecule has 0 radical (unpaired) electrons. The largest absolute Gasteiger partial charge is 0.454 e. The van der Waals surface area contributed by atoms with E-state index in [-0.39, 0.29) is 5.91 Å². The van der Waals surface area contributed by atoms with Crippen molar-refractivity contribution >= 4 is 22.7 Å². The number of halogens is 1. The van der Waals surface area contributed by atoms with Gasteiger partial charge in [0.25, 0.3) is 5.91 Å². The zero-order valence-electron chi connectivity index (χ0n) is 19.0. The molecule has 0 saturated carbocycles. The first-order valence-corrected chi connectivity index (χ1v) is 11.1. The number of anilines is 1. The van der Waals surface area contributed by atoms with E-state index < -0.39 is 6.17 Å². The third-order valence-corrected chi connectivity index (χ3v) is 6.13. The minimum absolute atomic E-state index is 0.0622. The van der Waals surface area contributed by atoms with Gasteiger partial charge in [0, 0.05) is 56.1 Å². The maximum absolute atomic E-state index is 13.7. The Kier molecular flexibility index (Phi) is 5.50. The Morgan fingerprint density at radius 1 is 1.15 bits per heavy atom. The lowest BCUT2D eigenvalue weighted by Gasteiger charge is -2.19. The van der Waals surface area contributed by atoms with Crippen molar-refractivity contribution in [1.82, 2.24) is 9.88 Å². The fourth-order valence-electron chi connectivity index (χ4n) is 4.35. The van der Waals surface area contributed by atoms with Gasteiger partial charge in [-0.15, -0.1) is 0 Å². The summed E-state index contributed by atoms with van der Waals surface area (Å²) in [6, 6.07) is 18.9. The molecule has 3 heterocycles. The number of hydrogen-bond acceptors (Lipinski definition) is 5. The number of rotatable bonds is 4. The molecule has 0 N–H and O–H groups in total. The van der Waals surface area contributed by atoms with Gasteiger partial charge in [0.2, 0.25) is 0 Å². The van der Waals surface area contributed by atoms with Crippen LogP contribution in [0.4, 0.5) is 10.1 Å². The molecule has 1 aliphatic rings. The van der Waals surface area contributed by atoms with Gasteiger partial charge in [-0.05, 0) is 42.3 Å². The van der Waals surface area contributed by atoms with Crippen molar-refractivity contribution in [3.8, 4) is 28.5 Å². The lowest BCUT2D eigenvalue weighted by atomic mass is 10.0. The third-order valence-electron chi connectivity index (χ3n) is 6.13. The number of carbonyl (C=O) groups excluding carboxylic acids is 1. The molecule has 2 aromatic carbocycles. The highest BCUT2D eigenvalue weighted by Gasteiger charge is 2.24. The number of pyridine rings is 1. The van der Waals surface area contributed by atoms with E-state index in [2.05, 4.69) is 11.1 Å². The number of aromatic nitrogens is 1. The number of furan rings is 1. The molecule has 1 aliphatic heterocycles. The first-order chi connectivity index (χ1) is 16.4. The van der Waals surface area contributed by atoms with Gasteiger partial charge in [-0.3, -0.25) is 9.78 Å². The van der Waals surface area contributed by atoms with Gasteiger partial charge in [-0.1, -0.05) is 18.2 Å². The van der Waals surface area contributed by atoms with E-state index in [0.717, 1.165) is 22.4 Å². The Hall–Kier alpha value is -4.18. The molecular formula is C27H23FN4O2. The van der Waals surface area contributed by atoms with Crippen molar-refractivity contribution in [2.24, 2.45) is 0 Å². The van der Waals surface area contributed by atoms with Crippen LogP contribution in [0.2, 0.25) is 0 Å². The van der Waals surface area contributed by atoms with Gasteiger partial charge in [0.05, 0.1) is 11.3 Å². The number of nitrogens with zero attached hydrogens (tertiary/aromatic N) is 4. The van der Waals surface area contributed by atoms with Gasteiger partial charge in [-0.25, -0.2) is 4.39 Å².